The van der Waals surface area contributed by atoms with Crippen LogP contribution in [0.3, 0.4) is 0 Å². The van der Waals surface area contributed by atoms with Crippen molar-refractivity contribution in [1.82, 2.24) is 10.5 Å². The highest BCUT2D eigenvalue weighted by molar-refractivity contribution is 7.08. The summed E-state index contributed by atoms with van der Waals surface area (Å²) in [6.45, 7) is 1.72. The summed E-state index contributed by atoms with van der Waals surface area (Å²) in [5.74, 6) is 0.452. The number of hydrogen-bond acceptors (Lipinski definition) is 6. The first kappa shape index (κ1) is 14.6. The zero-order valence-corrected chi connectivity index (χ0v) is 12.6. The predicted octanol–water partition coefficient (Wildman–Crippen LogP) is 2.63. The van der Waals surface area contributed by atoms with Crippen molar-refractivity contribution in [3.05, 3.63) is 52.5 Å². The molecule has 0 saturated carbocycles. The predicted molar refractivity (Wildman–Crippen MR) is 80.4 cm³/mol. The van der Waals surface area contributed by atoms with E-state index >= 15 is 0 Å². The molecule has 0 spiro atoms. The second-order valence-corrected chi connectivity index (χ2v) is 5.80. The lowest BCUT2D eigenvalue weighted by atomic mass is 9.99. The molecule has 0 aliphatic carbocycles. The van der Waals surface area contributed by atoms with Gasteiger partial charge in [0.05, 0.1) is 12.8 Å². The lowest BCUT2D eigenvalue weighted by molar-refractivity contribution is 0.0527. The molecule has 1 amide bonds. The number of thiophene rings is 1. The number of hydrogen-bond donors (Lipinski definition) is 2. The second kappa shape index (κ2) is 5.78. The highest BCUT2D eigenvalue weighted by Gasteiger charge is 2.25. The molecular formula is C15H14N2O4S. The molecule has 7 heteroatoms. The van der Waals surface area contributed by atoms with Gasteiger partial charge in [0, 0.05) is 6.07 Å². The largest absolute Gasteiger partial charge is 0.461 e. The van der Waals surface area contributed by atoms with Gasteiger partial charge in [-0.05, 0) is 41.4 Å². The van der Waals surface area contributed by atoms with E-state index in [4.69, 9.17) is 8.94 Å². The Balaban J connectivity index is 1.65. The van der Waals surface area contributed by atoms with Crippen LogP contribution in [0.4, 0.5) is 0 Å². The summed E-state index contributed by atoms with van der Waals surface area (Å²) < 4.78 is 10.2. The third kappa shape index (κ3) is 2.95. The number of aromatic nitrogens is 1. The van der Waals surface area contributed by atoms with Crippen LogP contribution < -0.4 is 5.32 Å². The first-order valence-electron chi connectivity index (χ1n) is 6.60. The first-order valence-corrected chi connectivity index (χ1v) is 7.54. The van der Waals surface area contributed by atoms with E-state index in [1.807, 2.05) is 16.8 Å². The van der Waals surface area contributed by atoms with Gasteiger partial charge in [-0.2, -0.15) is 11.3 Å². The van der Waals surface area contributed by atoms with Crippen LogP contribution in [-0.2, 0) is 5.60 Å². The SMILES string of the molecule is C[C@](O)(CNC(=O)c1cc(-c2ccco2)on1)c1ccsc1. The van der Waals surface area contributed by atoms with E-state index in [2.05, 4.69) is 10.5 Å². The van der Waals surface area contributed by atoms with Crippen LogP contribution >= 0.6 is 11.3 Å². The zero-order valence-electron chi connectivity index (χ0n) is 11.8. The molecule has 0 bridgehead atoms. The van der Waals surface area contributed by atoms with Crippen LogP contribution in [0.5, 0.6) is 0 Å². The first-order chi connectivity index (χ1) is 10.6. The summed E-state index contributed by atoms with van der Waals surface area (Å²) in [5, 5.41) is 20.4. The summed E-state index contributed by atoms with van der Waals surface area (Å²) in [4.78, 5) is 12.1. The van der Waals surface area contributed by atoms with Gasteiger partial charge in [-0.3, -0.25) is 4.79 Å². The molecule has 0 unspecified atom stereocenters. The minimum absolute atomic E-state index is 0.0749. The van der Waals surface area contributed by atoms with Gasteiger partial charge in [0.1, 0.15) is 5.60 Å². The average Bonchev–Trinajstić information content (AvgIpc) is 3.26. The number of carbonyl (C=O) groups is 1. The molecular weight excluding hydrogens is 304 g/mol. The van der Waals surface area contributed by atoms with E-state index in [9.17, 15) is 9.90 Å². The lowest BCUT2D eigenvalue weighted by Crippen LogP contribution is -2.38. The molecule has 3 heterocycles. The van der Waals surface area contributed by atoms with Crippen molar-refractivity contribution in [1.29, 1.82) is 0 Å². The molecule has 3 aromatic rings. The molecule has 3 rings (SSSR count). The maximum Gasteiger partial charge on any atom is 0.273 e. The Labute approximate surface area is 130 Å². The maximum atomic E-state index is 12.1. The minimum atomic E-state index is -1.14. The Kier molecular flexibility index (Phi) is 3.82. The fourth-order valence-electron chi connectivity index (χ4n) is 1.93. The standard InChI is InChI=1S/C15H14N2O4S/c1-15(19,10-4-6-22-8-10)9-16-14(18)11-7-13(21-17-11)12-3-2-5-20-12/h2-8,19H,9H2,1H3,(H,16,18)/t15-/m0/s1. The van der Waals surface area contributed by atoms with Crippen LogP contribution in [0.25, 0.3) is 11.5 Å². The summed E-state index contributed by atoms with van der Waals surface area (Å²) in [6, 6.07) is 6.74. The van der Waals surface area contributed by atoms with Gasteiger partial charge in [-0.15, -0.1) is 0 Å². The molecule has 3 aromatic heterocycles. The van der Waals surface area contributed by atoms with Crippen molar-refractivity contribution < 1.29 is 18.8 Å². The third-order valence-corrected chi connectivity index (χ3v) is 3.93. The maximum absolute atomic E-state index is 12.1. The highest BCUT2D eigenvalue weighted by atomic mass is 32.1. The van der Waals surface area contributed by atoms with Crippen LogP contribution in [0.1, 0.15) is 23.0 Å². The minimum Gasteiger partial charge on any atom is -0.461 e. The molecule has 22 heavy (non-hydrogen) atoms. The summed E-state index contributed by atoms with van der Waals surface area (Å²) in [7, 11) is 0. The van der Waals surface area contributed by atoms with E-state index in [0.717, 1.165) is 5.56 Å². The number of nitrogens with zero attached hydrogens (tertiary/aromatic N) is 1. The quantitative estimate of drug-likeness (QED) is 0.755. The smallest absolute Gasteiger partial charge is 0.273 e. The van der Waals surface area contributed by atoms with Crippen LogP contribution in [0, 0.1) is 0 Å². The Morgan fingerprint density at radius 2 is 2.32 bits per heavy atom. The van der Waals surface area contributed by atoms with Gasteiger partial charge in [0.15, 0.2) is 11.5 Å². The van der Waals surface area contributed by atoms with Gasteiger partial charge >= 0.3 is 0 Å². The summed E-state index contributed by atoms with van der Waals surface area (Å²) in [5.41, 5.74) is -0.245. The number of rotatable bonds is 5. The van der Waals surface area contributed by atoms with Gasteiger partial charge in [-0.1, -0.05) is 5.16 Å². The van der Waals surface area contributed by atoms with E-state index in [1.54, 1.807) is 19.1 Å². The molecule has 0 aliphatic heterocycles. The van der Waals surface area contributed by atoms with Crippen LogP contribution in [0.2, 0.25) is 0 Å². The lowest BCUT2D eigenvalue weighted by Gasteiger charge is -2.22. The van der Waals surface area contributed by atoms with Crippen molar-refractivity contribution in [2.75, 3.05) is 6.54 Å². The number of furan rings is 1. The highest BCUT2D eigenvalue weighted by Crippen LogP contribution is 2.23. The molecule has 2 N–H and O–H groups in total. The van der Waals surface area contributed by atoms with Crippen molar-refractivity contribution in [3.63, 3.8) is 0 Å². The molecule has 0 aliphatic rings. The Morgan fingerprint density at radius 3 is 3.00 bits per heavy atom. The van der Waals surface area contributed by atoms with Gasteiger partial charge < -0.3 is 19.4 Å². The van der Waals surface area contributed by atoms with Gasteiger partial charge in [-0.25, -0.2) is 0 Å². The zero-order chi connectivity index (χ0) is 15.6. The molecule has 0 fully saturated rings. The summed E-state index contributed by atoms with van der Waals surface area (Å²) >= 11 is 1.49. The molecule has 0 saturated heterocycles. The number of amides is 1. The monoisotopic (exact) mass is 318 g/mol. The van der Waals surface area contributed by atoms with E-state index in [1.165, 1.54) is 23.7 Å². The topological polar surface area (TPSA) is 88.5 Å². The van der Waals surface area contributed by atoms with E-state index in [0.29, 0.717) is 11.5 Å². The van der Waals surface area contributed by atoms with Crippen molar-refractivity contribution in [3.8, 4) is 11.5 Å². The number of nitrogens with one attached hydrogen (secondary N) is 1. The fraction of sp³-hybridized carbons (Fsp3) is 0.200. The van der Waals surface area contributed by atoms with Crippen LogP contribution in [0.15, 0.2) is 50.2 Å². The van der Waals surface area contributed by atoms with Crippen LogP contribution in [-0.4, -0.2) is 22.7 Å². The third-order valence-electron chi connectivity index (χ3n) is 3.24. The van der Waals surface area contributed by atoms with E-state index < -0.39 is 11.5 Å². The normalized spacial score (nSPS) is 13.7. The molecule has 0 radical (unpaired) electrons. The van der Waals surface area contributed by atoms with Crippen molar-refractivity contribution in [2.45, 2.75) is 12.5 Å². The average molecular weight is 318 g/mol. The summed E-state index contributed by atoms with van der Waals surface area (Å²) in [6.07, 6.45) is 1.51. The second-order valence-electron chi connectivity index (χ2n) is 5.02. The molecule has 114 valence electrons. The van der Waals surface area contributed by atoms with Gasteiger partial charge in [0.2, 0.25) is 5.76 Å². The fourth-order valence-corrected chi connectivity index (χ4v) is 2.72. The van der Waals surface area contributed by atoms with Gasteiger partial charge in [0.25, 0.3) is 5.91 Å². The number of aliphatic hydroxyl groups is 1. The molecule has 6 nitrogen and oxygen atoms in total. The Hall–Kier alpha value is -2.38. The molecule has 0 aromatic carbocycles. The Bertz CT molecular complexity index is 744. The number of carbonyl (C=O) groups excluding carboxylic acids is 1. The Morgan fingerprint density at radius 1 is 1.45 bits per heavy atom. The van der Waals surface area contributed by atoms with Crippen molar-refractivity contribution >= 4 is 17.2 Å². The molecule has 1 atom stereocenters. The van der Waals surface area contributed by atoms with Crippen molar-refractivity contribution in [2.24, 2.45) is 0 Å². The van der Waals surface area contributed by atoms with E-state index in [-0.39, 0.29) is 12.2 Å².